The molecule has 0 heterocycles. The molecule has 0 fully saturated rings. The molecule has 0 aliphatic rings. The Morgan fingerprint density at radius 2 is 0.967 bits per heavy atom. The molecule has 0 bridgehead atoms. The number of phenolic OH excluding ortho intramolecular Hbond substituents is 4. The molecule has 6 heteroatoms. The molecular formula is C24H18N2O4. The van der Waals surface area contributed by atoms with Crippen molar-refractivity contribution in [2.45, 2.75) is 0 Å². The maximum absolute atomic E-state index is 9.99. The second-order valence-corrected chi connectivity index (χ2v) is 6.69. The van der Waals surface area contributed by atoms with Crippen LogP contribution in [0.3, 0.4) is 0 Å². The number of rotatable bonds is 4. The minimum Gasteiger partial charge on any atom is -0.508 e. The maximum Gasteiger partial charge on any atom is 0.128 e. The van der Waals surface area contributed by atoms with Gasteiger partial charge in [-0.15, -0.1) is 0 Å². The minimum atomic E-state index is -0.0846. The van der Waals surface area contributed by atoms with E-state index in [4.69, 9.17) is 0 Å². The van der Waals surface area contributed by atoms with Crippen molar-refractivity contribution in [2.75, 3.05) is 0 Å². The van der Waals surface area contributed by atoms with Crippen LogP contribution in [0.4, 0.5) is 11.4 Å². The molecule has 0 unspecified atom stereocenters. The van der Waals surface area contributed by atoms with E-state index in [1.54, 1.807) is 12.1 Å². The van der Waals surface area contributed by atoms with Crippen molar-refractivity contribution in [1.82, 2.24) is 0 Å². The van der Waals surface area contributed by atoms with Gasteiger partial charge < -0.3 is 20.4 Å². The van der Waals surface area contributed by atoms with Crippen molar-refractivity contribution < 1.29 is 20.4 Å². The average Bonchev–Trinajstić information content (AvgIpc) is 2.72. The molecule has 4 aromatic rings. The predicted molar refractivity (Wildman–Crippen MR) is 118 cm³/mol. The molecule has 0 spiro atoms. The van der Waals surface area contributed by atoms with Crippen LogP contribution in [0.2, 0.25) is 0 Å². The van der Waals surface area contributed by atoms with Gasteiger partial charge in [-0.1, -0.05) is 24.3 Å². The molecule has 30 heavy (non-hydrogen) atoms. The Hall–Kier alpha value is -4.32. The Labute approximate surface area is 172 Å². The summed E-state index contributed by atoms with van der Waals surface area (Å²) in [5.41, 5.74) is 2.03. The predicted octanol–water partition coefficient (Wildman–Crippen LogP) is 5.16. The summed E-state index contributed by atoms with van der Waals surface area (Å²) in [5.74, 6) is -0.235. The zero-order chi connectivity index (χ0) is 21.1. The van der Waals surface area contributed by atoms with E-state index in [2.05, 4.69) is 9.98 Å². The highest BCUT2D eigenvalue weighted by Crippen LogP contribution is 2.34. The second kappa shape index (κ2) is 7.97. The van der Waals surface area contributed by atoms with E-state index >= 15 is 0 Å². The fourth-order valence-corrected chi connectivity index (χ4v) is 2.98. The van der Waals surface area contributed by atoms with Gasteiger partial charge in [0, 0.05) is 35.7 Å². The SMILES string of the molecule is Oc1ccc(C=Nc2cc3ccccc3cc2N=Cc2ccc(O)cc2O)c(O)c1. The van der Waals surface area contributed by atoms with Crippen molar-refractivity contribution >= 4 is 34.6 Å². The van der Waals surface area contributed by atoms with Gasteiger partial charge in [0.2, 0.25) is 0 Å². The molecule has 4 rings (SSSR count). The highest BCUT2D eigenvalue weighted by Gasteiger charge is 2.06. The van der Waals surface area contributed by atoms with Crippen molar-refractivity contribution in [1.29, 1.82) is 0 Å². The molecule has 0 saturated heterocycles. The van der Waals surface area contributed by atoms with E-state index in [1.807, 2.05) is 36.4 Å². The van der Waals surface area contributed by atoms with Gasteiger partial charge in [-0.3, -0.25) is 9.98 Å². The molecular weight excluding hydrogens is 380 g/mol. The molecule has 0 saturated carbocycles. The average molecular weight is 398 g/mol. The van der Waals surface area contributed by atoms with Gasteiger partial charge in [-0.05, 0) is 47.2 Å². The molecule has 148 valence electrons. The van der Waals surface area contributed by atoms with Crippen molar-refractivity contribution in [3.05, 3.63) is 83.9 Å². The Morgan fingerprint density at radius 3 is 1.37 bits per heavy atom. The molecule has 6 nitrogen and oxygen atoms in total. The summed E-state index contributed by atoms with van der Waals surface area (Å²) in [6.45, 7) is 0. The molecule has 4 N–H and O–H groups in total. The van der Waals surface area contributed by atoms with Crippen LogP contribution in [0, 0.1) is 0 Å². The van der Waals surface area contributed by atoms with Crippen molar-refractivity contribution in [3.8, 4) is 23.0 Å². The third-order valence-electron chi connectivity index (χ3n) is 4.56. The maximum atomic E-state index is 9.99. The zero-order valence-corrected chi connectivity index (χ0v) is 15.8. The van der Waals surface area contributed by atoms with Crippen LogP contribution in [0.1, 0.15) is 11.1 Å². The van der Waals surface area contributed by atoms with Gasteiger partial charge in [-0.2, -0.15) is 0 Å². The fourth-order valence-electron chi connectivity index (χ4n) is 2.98. The number of phenols is 4. The summed E-state index contributed by atoms with van der Waals surface area (Å²) in [7, 11) is 0. The number of hydrogen-bond acceptors (Lipinski definition) is 6. The lowest BCUT2D eigenvalue weighted by Crippen LogP contribution is -1.84. The molecule has 0 radical (unpaired) electrons. The van der Waals surface area contributed by atoms with Gasteiger partial charge in [0.1, 0.15) is 23.0 Å². The first kappa shape index (κ1) is 19.0. The van der Waals surface area contributed by atoms with Gasteiger partial charge in [0.05, 0.1) is 11.4 Å². The smallest absolute Gasteiger partial charge is 0.128 e. The summed E-state index contributed by atoms with van der Waals surface area (Å²) in [4.78, 5) is 8.97. The first-order valence-corrected chi connectivity index (χ1v) is 9.14. The van der Waals surface area contributed by atoms with Gasteiger partial charge in [0.25, 0.3) is 0 Å². The molecule has 0 aliphatic carbocycles. The van der Waals surface area contributed by atoms with Gasteiger partial charge in [0.15, 0.2) is 0 Å². The first-order chi connectivity index (χ1) is 14.5. The third kappa shape index (κ3) is 4.07. The fraction of sp³-hybridized carbons (Fsp3) is 0. The standard InChI is InChI=1S/C24H18N2O4/c27-19-7-5-17(23(29)11-19)13-25-21-9-15-3-1-2-4-16(15)10-22(21)26-14-18-6-8-20(28)12-24(18)30/h1-14,27-30H. The number of nitrogens with zero attached hydrogens (tertiary/aromatic N) is 2. The van der Waals surface area contributed by atoms with Crippen LogP contribution in [-0.2, 0) is 0 Å². The molecule has 0 aromatic heterocycles. The van der Waals surface area contributed by atoms with E-state index in [9.17, 15) is 20.4 Å². The molecule has 0 atom stereocenters. The lowest BCUT2D eigenvalue weighted by Gasteiger charge is -2.06. The highest BCUT2D eigenvalue weighted by atomic mass is 16.3. The van der Waals surface area contributed by atoms with Gasteiger partial charge in [-0.25, -0.2) is 0 Å². The molecule has 0 amide bonds. The Balaban J connectivity index is 1.77. The van der Waals surface area contributed by atoms with Crippen LogP contribution in [-0.4, -0.2) is 32.9 Å². The van der Waals surface area contributed by atoms with Crippen LogP contribution in [0.5, 0.6) is 23.0 Å². The normalized spacial score (nSPS) is 11.6. The Morgan fingerprint density at radius 1 is 0.533 bits per heavy atom. The Kier molecular flexibility index (Phi) is 5.05. The van der Waals surface area contributed by atoms with E-state index in [0.717, 1.165) is 10.8 Å². The highest BCUT2D eigenvalue weighted by molar-refractivity contribution is 5.95. The monoisotopic (exact) mass is 398 g/mol. The number of hydrogen-bond donors (Lipinski definition) is 4. The second-order valence-electron chi connectivity index (χ2n) is 6.69. The van der Waals surface area contributed by atoms with Gasteiger partial charge >= 0.3 is 0 Å². The summed E-state index contributed by atoms with van der Waals surface area (Å²) >= 11 is 0. The van der Waals surface area contributed by atoms with Crippen LogP contribution < -0.4 is 0 Å². The first-order valence-electron chi connectivity index (χ1n) is 9.14. The third-order valence-corrected chi connectivity index (χ3v) is 4.56. The van der Waals surface area contributed by atoms with E-state index in [0.29, 0.717) is 22.5 Å². The van der Waals surface area contributed by atoms with Crippen molar-refractivity contribution in [2.24, 2.45) is 9.98 Å². The lowest BCUT2D eigenvalue weighted by molar-refractivity contribution is 0.449. The van der Waals surface area contributed by atoms with Crippen LogP contribution in [0.15, 0.2) is 82.8 Å². The number of aromatic hydroxyl groups is 4. The number of fused-ring (bicyclic) bond motifs is 1. The quantitative estimate of drug-likeness (QED) is 0.356. The van der Waals surface area contributed by atoms with Crippen LogP contribution >= 0.6 is 0 Å². The molecule has 0 aliphatic heterocycles. The molecule has 4 aromatic carbocycles. The topological polar surface area (TPSA) is 106 Å². The van der Waals surface area contributed by atoms with Crippen LogP contribution in [0.25, 0.3) is 10.8 Å². The van der Waals surface area contributed by atoms with E-state index in [-0.39, 0.29) is 23.0 Å². The van der Waals surface area contributed by atoms with E-state index in [1.165, 1.54) is 36.7 Å². The van der Waals surface area contributed by atoms with Crippen molar-refractivity contribution in [3.63, 3.8) is 0 Å². The largest absolute Gasteiger partial charge is 0.508 e. The van der Waals surface area contributed by atoms with E-state index < -0.39 is 0 Å². The Bertz CT molecular complexity index is 1200. The number of aliphatic imine (C=N–C) groups is 2. The number of benzene rings is 4. The summed E-state index contributed by atoms with van der Waals surface area (Å²) in [5, 5.41) is 40.8. The summed E-state index contributed by atoms with van der Waals surface area (Å²) < 4.78 is 0. The lowest BCUT2D eigenvalue weighted by atomic mass is 10.1. The minimum absolute atomic E-state index is 0.0330. The zero-order valence-electron chi connectivity index (χ0n) is 15.8. The summed E-state index contributed by atoms with van der Waals surface area (Å²) in [6, 6.07) is 20.1. The summed E-state index contributed by atoms with van der Waals surface area (Å²) in [6.07, 6.45) is 2.99.